The highest BCUT2D eigenvalue weighted by Crippen LogP contribution is 2.50. The topological polar surface area (TPSA) is 43.4 Å². The molecule has 0 saturated heterocycles. The number of hydrogen-bond acceptors (Lipinski definition) is 3. The van der Waals surface area contributed by atoms with Gasteiger partial charge in [-0.1, -0.05) is 26.3 Å². The van der Waals surface area contributed by atoms with Gasteiger partial charge in [-0.3, -0.25) is 4.79 Å². The summed E-state index contributed by atoms with van der Waals surface area (Å²) < 4.78 is 5.70. The van der Waals surface area contributed by atoms with Gasteiger partial charge in [0.25, 0.3) is 0 Å². The summed E-state index contributed by atoms with van der Waals surface area (Å²) in [5.41, 5.74) is 0.750. The first-order valence-corrected chi connectivity index (χ1v) is 7.97. The highest BCUT2D eigenvalue weighted by molar-refractivity contribution is 5.66. The molecule has 2 aliphatic carbocycles. The molecular weight excluding hydrogens is 264 g/mol. The number of carbonyl (C=O) groups excluding carboxylic acids is 2. The maximum Gasteiger partial charge on any atom is 0.302 e. The lowest BCUT2D eigenvalue weighted by Crippen LogP contribution is -2.44. The molecule has 0 aromatic heterocycles. The Hall–Kier alpha value is -1.34. The average molecular weight is 290 g/mol. The molecule has 0 spiro atoms. The maximum atomic E-state index is 11.5. The van der Waals surface area contributed by atoms with Gasteiger partial charge in [0.15, 0.2) is 0 Å². The molecule has 0 aromatic rings. The van der Waals surface area contributed by atoms with E-state index in [0.29, 0.717) is 11.8 Å². The first-order valence-electron chi connectivity index (χ1n) is 7.97. The molecule has 2 saturated carbocycles. The lowest BCUT2D eigenvalue weighted by atomic mass is 9.66. The van der Waals surface area contributed by atoms with Crippen LogP contribution in [0.3, 0.4) is 0 Å². The van der Waals surface area contributed by atoms with Crippen molar-refractivity contribution >= 4 is 11.9 Å². The molecule has 3 heteroatoms. The van der Waals surface area contributed by atoms with Crippen LogP contribution in [0.15, 0.2) is 18.2 Å². The summed E-state index contributed by atoms with van der Waals surface area (Å²) in [5, 5.41) is 0. The summed E-state index contributed by atoms with van der Waals surface area (Å²) in [4.78, 5) is 22.7. The molecule has 0 N–H and O–H groups in total. The van der Waals surface area contributed by atoms with Gasteiger partial charge in [0, 0.05) is 17.9 Å². The van der Waals surface area contributed by atoms with Crippen molar-refractivity contribution in [2.75, 3.05) is 0 Å². The number of fused-ring (bicyclic) bond motifs is 1. The van der Waals surface area contributed by atoms with E-state index < -0.39 is 0 Å². The van der Waals surface area contributed by atoms with Gasteiger partial charge in [0.1, 0.15) is 12.0 Å². The highest BCUT2D eigenvalue weighted by atomic mass is 16.5. The van der Waals surface area contributed by atoms with E-state index in [4.69, 9.17) is 4.74 Å². The second-order valence-electron chi connectivity index (χ2n) is 6.93. The summed E-state index contributed by atoms with van der Waals surface area (Å²) in [5.74, 6) is 2.89. The Bertz CT molecular complexity index is 475. The van der Waals surface area contributed by atoms with Crippen molar-refractivity contribution in [3.63, 3.8) is 0 Å². The molecule has 2 aliphatic rings. The fourth-order valence-electron chi connectivity index (χ4n) is 4.42. The van der Waals surface area contributed by atoms with Crippen LogP contribution in [-0.4, -0.2) is 18.0 Å². The van der Waals surface area contributed by atoms with Crippen LogP contribution in [0.2, 0.25) is 0 Å². The van der Waals surface area contributed by atoms with E-state index in [2.05, 4.69) is 26.4 Å². The number of hydrogen-bond donors (Lipinski definition) is 0. The number of esters is 1. The van der Waals surface area contributed by atoms with E-state index in [1.807, 2.05) is 6.08 Å². The minimum absolute atomic E-state index is 0.161. The van der Waals surface area contributed by atoms with Gasteiger partial charge in [-0.2, -0.15) is 0 Å². The van der Waals surface area contributed by atoms with Crippen molar-refractivity contribution in [1.82, 2.24) is 0 Å². The van der Waals surface area contributed by atoms with Crippen LogP contribution in [0, 0.1) is 23.2 Å². The zero-order chi connectivity index (χ0) is 15.6. The molecular formula is C18H26O3. The van der Waals surface area contributed by atoms with E-state index in [0.717, 1.165) is 37.7 Å². The third-order valence-corrected chi connectivity index (χ3v) is 5.64. The van der Waals surface area contributed by atoms with Gasteiger partial charge in [-0.05, 0) is 43.4 Å². The molecule has 3 nitrogen and oxygen atoms in total. The molecule has 2 fully saturated rings. The monoisotopic (exact) mass is 290 g/mol. The summed E-state index contributed by atoms with van der Waals surface area (Å²) >= 11 is 0. The molecule has 0 heterocycles. The lowest BCUT2D eigenvalue weighted by Gasteiger charge is -2.43. The van der Waals surface area contributed by atoms with E-state index in [1.165, 1.54) is 6.92 Å². The zero-order valence-corrected chi connectivity index (χ0v) is 13.4. The second-order valence-corrected chi connectivity index (χ2v) is 6.93. The Morgan fingerprint density at radius 2 is 2.19 bits per heavy atom. The van der Waals surface area contributed by atoms with Crippen LogP contribution < -0.4 is 0 Å². The molecule has 21 heavy (non-hydrogen) atoms. The maximum absolute atomic E-state index is 11.5. The SMILES string of the molecule is C=C[C@]1(C)CCCC2C(=C=O)CCC2[C@@H](C)C1OC(C)=O. The number of ether oxygens (including phenoxy) is 1. The molecule has 0 bridgehead atoms. The zero-order valence-electron chi connectivity index (χ0n) is 13.4. The Labute approximate surface area is 127 Å². The van der Waals surface area contributed by atoms with Crippen molar-refractivity contribution in [2.45, 2.75) is 59.0 Å². The number of carbonyl (C=O) groups is 1. The van der Waals surface area contributed by atoms with Crippen molar-refractivity contribution in [2.24, 2.45) is 23.2 Å². The van der Waals surface area contributed by atoms with E-state index in [9.17, 15) is 9.59 Å². The fraction of sp³-hybridized carbons (Fsp3) is 0.722. The Balaban J connectivity index is 2.35. The van der Waals surface area contributed by atoms with E-state index >= 15 is 0 Å². The largest absolute Gasteiger partial charge is 0.461 e. The smallest absolute Gasteiger partial charge is 0.302 e. The van der Waals surface area contributed by atoms with Crippen molar-refractivity contribution < 1.29 is 14.3 Å². The third kappa shape index (κ3) is 2.98. The minimum Gasteiger partial charge on any atom is -0.461 e. The molecule has 0 radical (unpaired) electrons. The lowest BCUT2D eigenvalue weighted by molar-refractivity contribution is -0.158. The van der Waals surface area contributed by atoms with Crippen molar-refractivity contribution in [3.8, 4) is 0 Å². The Morgan fingerprint density at radius 1 is 1.48 bits per heavy atom. The predicted molar refractivity (Wildman–Crippen MR) is 82.3 cm³/mol. The molecule has 116 valence electrons. The summed E-state index contributed by atoms with van der Waals surface area (Å²) in [6, 6.07) is 0. The molecule has 5 atom stereocenters. The normalized spacial score (nSPS) is 39.7. The van der Waals surface area contributed by atoms with Crippen LogP contribution in [0.4, 0.5) is 0 Å². The van der Waals surface area contributed by atoms with Crippen LogP contribution in [0.25, 0.3) is 0 Å². The molecule has 0 amide bonds. The van der Waals surface area contributed by atoms with Crippen LogP contribution in [0.5, 0.6) is 0 Å². The van der Waals surface area contributed by atoms with Crippen LogP contribution >= 0.6 is 0 Å². The summed E-state index contributed by atoms with van der Waals surface area (Å²) in [6.45, 7) is 9.74. The predicted octanol–water partition coefficient (Wildman–Crippen LogP) is 3.71. The van der Waals surface area contributed by atoms with Gasteiger partial charge in [0.2, 0.25) is 0 Å². The van der Waals surface area contributed by atoms with Gasteiger partial charge < -0.3 is 4.74 Å². The number of allylic oxidation sites excluding steroid dienone is 1. The summed E-state index contributed by atoms with van der Waals surface area (Å²) in [6.07, 6.45) is 6.64. The highest BCUT2D eigenvalue weighted by Gasteiger charge is 2.47. The summed E-state index contributed by atoms with van der Waals surface area (Å²) in [7, 11) is 0. The van der Waals surface area contributed by atoms with E-state index in [-0.39, 0.29) is 23.4 Å². The Morgan fingerprint density at radius 3 is 2.76 bits per heavy atom. The van der Waals surface area contributed by atoms with Gasteiger partial charge in [-0.25, -0.2) is 4.79 Å². The van der Waals surface area contributed by atoms with Crippen LogP contribution in [0.1, 0.15) is 52.9 Å². The first kappa shape index (κ1) is 16.0. The first-order chi connectivity index (χ1) is 9.92. The van der Waals surface area contributed by atoms with E-state index in [1.54, 1.807) is 0 Å². The number of rotatable bonds is 2. The molecule has 2 rings (SSSR count). The molecule has 3 unspecified atom stereocenters. The quantitative estimate of drug-likeness (QED) is 0.442. The second kappa shape index (κ2) is 6.19. The van der Waals surface area contributed by atoms with Gasteiger partial charge >= 0.3 is 5.97 Å². The van der Waals surface area contributed by atoms with Crippen LogP contribution in [-0.2, 0) is 14.3 Å². The van der Waals surface area contributed by atoms with Gasteiger partial charge in [-0.15, -0.1) is 6.58 Å². The van der Waals surface area contributed by atoms with Gasteiger partial charge in [0.05, 0.1) is 0 Å². The van der Waals surface area contributed by atoms with Crippen molar-refractivity contribution in [1.29, 1.82) is 0 Å². The fourth-order valence-corrected chi connectivity index (χ4v) is 4.42. The molecule has 0 aromatic carbocycles. The van der Waals surface area contributed by atoms with Crippen molar-refractivity contribution in [3.05, 3.63) is 18.2 Å². The Kier molecular flexibility index (Phi) is 4.73. The molecule has 0 aliphatic heterocycles. The average Bonchev–Trinajstić information content (AvgIpc) is 2.85. The standard InChI is InChI=1S/C18H26O3/c1-5-18(4)10-6-7-16-14(11-19)8-9-15(16)12(2)17(18)21-13(3)20/h5,12,15-17H,1,6-10H2,2-4H3/t12-,15?,16?,17?,18-/m1/s1. The third-order valence-electron chi connectivity index (χ3n) is 5.64. The minimum atomic E-state index is -0.235.